The first-order valence-electron chi connectivity index (χ1n) is 8.97. The van der Waals surface area contributed by atoms with Crippen molar-refractivity contribution >= 4 is 16.3 Å². The van der Waals surface area contributed by atoms with E-state index in [0.29, 0.717) is 0 Å². The standard InChI is InChI=1S/C18H37.Al/c1-4-5-6-7-8-9-10-11-12-13-14-15-16-17-18(2)3;/h18H,1,4-17H2,2-3H3;/q;+1. The van der Waals surface area contributed by atoms with Gasteiger partial charge in [0.15, 0.2) is 0 Å². The Morgan fingerprint density at radius 2 is 0.842 bits per heavy atom. The zero-order valence-corrected chi connectivity index (χ0v) is 14.9. The maximum atomic E-state index is 2.83. The molecule has 0 rings (SSSR count). The normalized spacial score (nSPS) is 11.3. The summed E-state index contributed by atoms with van der Waals surface area (Å²) in [5.74, 6) is 0.899. The Labute approximate surface area is 131 Å². The van der Waals surface area contributed by atoms with Crippen LogP contribution in [0.15, 0.2) is 0 Å². The number of rotatable bonds is 15. The third-order valence-electron chi connectivity index (χ3n) is 3.99. The van der Waals surface area contributed by atoms with E-state index in [1.54, 1.807) is 0 Å². The van der Waals surface area contributed by atoms with Crippen molar-refractivity contribution in [3.63, 3.8) is 0 Å². The predicted octanol–water partition coefficient (Wildman–Crippen LogP) is 6.69. The molecule has 0 nitrogen and oxygen atoms in total. The zero-order chi connectivity index (χ0) is 14.2. The van der Waals surface area contributed by atoms with Gasteiger partial charge in [0, 0.05) is 0 Å². The van der Waals surface area contributed by atoms with Crippen LogP contribution in [0, 0.1) is 5.92 Å². The van der Waals surface area contributed by atoms with Crippen LogP contribution >= 0.6 is 0 Å². The molecule has 0 aliphatic heterocycles. The molecule has 0 spiro atoms. The fourth-order valence-electron chi connectivity index (χ4n) is 2.64. The minimum absolute atomic E-state index is 0.899. The average Bonchev–Trinajstić information content (AvgIpc) is 2.39. The van der Waals surface area contributed by atoms with Crippen LogP contribution in [0.25, 0.3) is 0 Å². The van der Waals surface area contributed by atoms with Crippen LogP contribution < -0.4 is 0 Å². The molecule has 0 aliphatic carbocycles. The molecule has 0 fully saturated rings. The third-order valence-corrected chi connectivity index (χ3v) is 4.39. The minimum atomic E-state index is 0.899. The summed E-state index contributed by atoms with van der Waals surface area (Å²) in [6.07, 6.45) is 20.5. The van der Waals surface area contributed by atoms with Crippen LogP contribution in [0.3, 0.4) is 0 Å². The summed E-state index contributed by atoms with van der Waals surface area (Å²) >= 11 is 2.83. The quantitative estimate of drug-likeness (QED) is 0.231. The predicted molar refractivity (Wildman–Crippen MR) is 90.0 cm³/mol. The Morgan fingerprint density at radius 1 is 0.526 bits per heavy atom. The van der Waals surface area contributed by atoms with Gasteiger partial charge in [-0.15, -0.1) is 0 Å². The van der Waals surface area contributed by atoms with Crippen LogP contribution in [-0.2, 0) is 0 Å². The molecule has 19 heavy (non-hydrogen) atoms. The molecule has 0 saturated carbocycles. The monoisotopic (exact) mass is 280 g/mol. The van der Waals surface area contributed by atoms with Gasteiger partial charge in [0.05, 0.1) is 0 Å². The Bertz CT molecular complexity index is 154. The van der Waals surface area contributed by atoms with E-state index < -0.39 is 0 Å². The van der Waals surface area contributed by atoms with Crippen LogP contribution in [0.5, 0.6) is 0 Å². The van der Waals surface area contributed by atoms with Gasteiger partial charge in [0.1, 0.15) is 0 Å². The van der Waals surface area contributed by atoms with Crippen molar-refractivity contribution in [1.82, 2.24) is 0 Å². The fraction of sp³-hybridized carbons (Fsp3) is 1.00. The SMILES string of the molecule is CC(C)CCCCCCCCCCCCCC[CH2][Al+]. The summed E-state index contributed by atoms with van der Waals surface area (Å²) in [6.45, 7) is 4.67. The molecule has 0 atom stereocenters. The van der Waals surface area contributed by atoms with Gasteiger partial charge in [-0.1, -0.05) is 33.1 Å². The third kappa shape index (κ3) is 18.5. The average molecular weight is 280 g/mol. The van der Waals surface area contributed by atoms with Gasteiger partial charge in [-0.25, -0.2) is 0 Å². The molecule has 111 valence electrons. The number of hydrogen-bond acceptors (Lipinski definition) is 0. The van der Waals surface area contributed by atoms with Crippen LogP contribution in [0.2, 0.25) is 5.28 Å². The van der Waals surface area contributed by atoms with Gasteiger partial charge in [-0.3, -0.25) is 0 Å². The second kappa shape index (κ2) is 16.6. The van der Waals surface area contributed by atoms with Crippen molar-refractivity contribution in [2.45, 2.75) is 109 Å². The molecule has 0 aromatic heterocycles. The van der Waals surface area contributed by atoms with E-state index in [-0.39, 0.29) is 0 Å². The van der Waals surface area contributed by atoms with Gasteiger partial charge in [-0.05, 0) is 5.92 Å². The van der Waals surface area contributed by atoms with Gasteiger partial charge in [0.25, 0.3) is 0 Å². The Kier molecular flexibility index (Phi) is 17.1. The molecular formula is C18H37Al+. The Morgan fingerprint density at radius 3 is 1.16 bits per heavy atom. The molecule has 0 N–H and O–H groups in total. The van der Waals surface area contributed by atoms with Crippen LogP contribution in [0.1, 0.15) is 104 Å². The summed E-state index contributed by atoms with van der Waals surface area (Å²) < 4.78 is 0. The van der Waals surface area contributed by atoms with Gasteiger partial charge < -0.3 is 0 Å². The zero-order valence-electron chi connectivity index (χ0n) is 13.8. The first-order valence-corrected chi connectivity index (χ1v) is 9.79. The van der Waals surface area contributed by atoms with Crippen molar-refractivity contribution in [2.75, 3.05) is 0 Å². The molecule has 0 aromatic rings. The van der Waals surface area contributed by atoms with E-state index in [1.807, 2.05) is 0 Å². The van der Waals surface area contributed by atoms with E-state index in [1.165, 1.54) is 95.2 Å². The topological polar surface area (TPSA) is 0 Å². The summed E-state index contributed by atoms with van der Waals surface area (Å²) in [7, 11) is 0. The van der Waals surface area contributed by atoms with Crippen molar-refractivity contribution in [3.8, 4) is 0 Å². The molecule has 0 amide bonds. The van der Waals surface area contributed by atoms with Gasteiger partial charge in [0.2, 0.25) is 0 Å². The van der Waals surface area contributed by atoms with Crippen molar-refractivity contribution < 1.29 is 0 Å². The molecule has 1 heteroatoms. The van der Waals surface area contributed by atoms with Crippen molar-refractivity contribution in [3.05, 3.63) is 0 Å². The van der Waals surface area contributed by atoms with E-state index in [0.717, 1.165) is 5.92 Å². The first-order chi connectivity index (χ1) is 9.27. The number of hydrogen-bond donors (Lipinski definition) is 0. The van der Waals surface area contributed by atoms with Crippen molar-refractivity contribution in [1.29, 1.82) is 0 Å². The first kappa shape index (κ1) is 19.5. The van der Waals surface area contributed by atoms with Gasteiger partial charge >= 0.3 is 92.2 Å². The molecule has 0 bridgehead atoms. The van der Waals surface area contributed by atoms with E-state index >= 15 is 0 Å². The van der Waals surface area contributed by atoms with E-state index in [4.69, 9.17) is 0 Å². The molecule has 0 heterocycles. The summed E-state index contributed by atoms with van der Waals surface area (Å²) in [5.41, 5.74) is 0. The molecule has 0 unspecified atom stereocenters. The second-order valence-corrected chi connectivity index (χ2v) is 7.14. The fourth-order valence-corrected chi connectivity index (χ4v) is 2.93. The maximum absolute atomic E-state index is 2.83. The molecule has 0 aromatic carbocycles. The van der Waals surface area contributed by atoms with Crippen LogP contribution in [-0.4, -0.2) is 16.3 Å². The van der Waals surface area contributed by atoms with E-state index in [2.05, 4.69) is 30.1 Å². The van der Waals surface area contributed by atoms with Crippen molar-refractivity contribution in [2.24, 2.45) is 5.92 Å². The summed E-state index contributed by atoms with van der Waals surface area (Å²) in [4.78, 5) is 0. The second-order valence-electron chi connectivity index (χ2n) is 6.57. The summed E-state index contributed by atoms with van der Waals surface area (Å²) in [6, 6.07) is 0. The van der Waals surface area contributed by atoms with Crippen LogP contribution in [0.4, 0.5) is 0 Å². The Balaban J connectivity index is 2.91. The van der Waals surface area contributed by atoms with E-state index in [9.17, 15) is 0 Å². The Hall–Kier alpha value is 0.532. The summed E-state index contributed by atoms with van der Waals surface area (Å²) in [5, 5.41) is 1.29. The molecular weight excluding hydrogens is 243 g/mol. The van der Waals surface area contributed by atoms with Gasteiger partial charge in [-0.2, -0.15) is 0 Å². The number of unbranched alkanes of at least 4 members (excludes halogenated alkanes) is 12. The molecule has 0 aliphatic rings. The molecule has 0 saturated heterocycles. The molecule has 1 radical (unpaired) electrons.